The first-order valence-electron chi connectivity index (χ1n) is 10.0. The topological polar surface area (TPSA) is 75.7 Å². The highest BCUT2D eigenvalue weighted by Gasteiger charge is 2.51. The summed E-state index contributed by atoms with van der Waals surface area (Å²) in [5.41, 5.74) is 0. The lowest BCUT2D eigenvalue weighted by atomic mass is 9.81. The molecule has 3 unspecified atom stereocenters. The van der Waals surface area contributed by atoms with E-state index in [9.17, 15) is 14.4 Å². The van der Waals surface area contributed by atoms with Gasteiger partial charge in [0.1, 0.15) is 18.4 Å². The van der Waals surface area contributed by atoms with Gasteiger partial charge in [-0.05, 0) is 49.5 Å². The number of carbonyl (C=O) groups excluding carboxylic acids is 3. The number of carbonyl (C=O) groups is 3. The molecule has 0 radical (unpaired) electrons. The van der Waals surface area contributed by atoms with Crippen LogP contribution in [-0.2, 0) is 14.4 Å². The average Bonchev–Trinajstić information content (AvgIpc) is 2.97. The number of fused-ring (bicyclic) bond motifs is 1. The van der Waals surface area contributed by atoms with Gasteiger partial charge < -0.3 is 10.1 Å². The van der Waals surface area contributed by atoms with E-state index in [1.165, 1.54) is 4.90 Å². The molecule has 1 aliphatic heterocycles. The Labute approximate surface area is 180 Å². The lowest BCUT2D eigenvalue weighted by molar-refractivity contribution is -0.148. The van der Waals surface area contributed by atoms with Crippen LogP contribution >= 0.6 is 23.4 Å². The standard InChI is InChI=1S/C21H27ClN2O4S/c1-29-12-9-18(24-20(26)16-7-2-3-8-17(16)21(24)27)19(25)23-10-11-28-15-6-4-5-14(22)13-15/h4-6,13,16-18H,2-3,7-12H2,1H3,(H,23,25). The third-order valence-corrected chi connectivity index (χ3v) is 6.43. The van der Waals surface area contributed by atoms with Gasteiger partial charge in [0.2, 0.25) is 17.7 Å². The molecule has 0 bridgehead atoms. The van der Waals surface area contributed by atoms with Crippen molar-refractivity contribution in [1.29, 1.82) is 0 Å². The molecule has 1 N–H and O–H groups in total. The molecule has 0 aromatic heterocycles. The molecule has 6 nitrogen and oxygen atoms in total. The molecule has 158 valence electrons. The molecular weight excluding hydrogens is 412 g/mol. The molecule has 1 saturated heterocycles. The number of nitrogens with one attached hydrogen (secondary N) is 1. The largest absolute Gasteiger partial charge is 0.492 e. The molecule has 1 aromatic carbocycles. The molecular formula is C21H27ClN2O4S. The second-order valence-electron chi connectivity index (χ2n) is 7.44. The monoisotopic (exact) mass is 438 g/mol. The van der Waals surface area contributed by atoms with E-state index >= 15 is 0 Å². The van der Waals surface area contributed by atoms with E-state index in [4.69, 9.17) is 16.3 Å². The maximum Gasteiger partial charge on any atom is 0.243 e. The normalized spacial score (nSPS) is 22.3. The van der Waals surface area contributed by atoms with Crippen LogP contribution in [0.15, 0.2) is 24.3 Å². The van der Waals surface area contributed by atoms with Crippen molar-refractivity contribution in [2.24, 2.45) is 11.8 Å². The number of benzene rings is 1. The Kier molecular flexibility index (Phi) is 7.84. The molecule has 1 aromatic rings. The molecule has 2 fully saturated rings. The Hall–Kier alpha value is -1.73. The van der Waals surface area contributed by atoms with Crippen molar-refractivity contribution in [3.63, 3.8) is 0 Å². The van der Waals surface area contributed by atoms with Crippen molar-refractivity contribution in [3.8, 4) is 5.75 Å². The number of hydrogen-bond acceptors (Lipinski definition) is 5. The lowest BCUT2D eigenvalue weighted by Crippen LogP contribution is -2.51. The fourth-order valence-electron chi connectivity index (χ4n) is 4.12. The van der Waals surface area contributed by atoms with Crippen LogP contribution in [0, 0.1) is 11.8 Å². The van der Waals surface area contributed by atoms with Crippen LogP contribution in [0.5, 0.6) is 5.75 Å². The highest BCUT2D eigenvalue weighted by Crippen LogP contribution is 2.39. The van der Waals surface area contributed by atoms with Gasteiger partial charge in [0.15, 0.2) is 0 Å². The fourth-order valence-corrected chi connectivity index (χ4v) is 4.76. The van der Waals surface area contributed by atoms with Gasteiger partial charge in [0.05, 0.1) is 18.4 Å². The van der Waals surface area contributed by atoms with E-state index in [1.807, 2.05) is 6.26 Å². The zero-order valence-electron chi connectivity index (χ0n) is 16.6. The third kappa shape index (κ3) is 5.25. The van der Waals surface area contributed by atoms with E-state index in [1.54, 1.807) is 36.0 Å². The van der Waals surface area contributed by atoms with Crippen LogP contribution in [0.3, 0.4) is 0 Å². The quantitative estimate of drug-likeness (QED) is 0.473. The number of nitrogens with zero attached hydrogens (tertiary/aromatic N) is 1. The van der Waals surface area contributed by atoms with Crippen LogP contribution in [0.1, 0.15) is 32.1 Å². The minimum absolute atomic E-state index is 0.170. The van der Waals surface area contributed by atoms with Crippen LogP contribution in [0.2, 0.25) is 5.02 Å². The summed E-state index contributed by atoms with van der Waals surface area (Å²) in [6, 6.07) is 6.29. The number of halogens is 1. The summed E-state index contributed by atoms with van der Waals surface area (Å²) in [6.45, 7) is 0.554. The first kappa shape index (κ1) is 22.0. The van der Waals surface area contributed by atoms with E-state index < -0.39 is 6.04 Å². The van der Waals surface area contributed by atoms with Gasteiger partial charge in [-0.15, -0.1) is 0 Å². The zero-order valence-corrected chi connectivity index (χ0v) is 18.1. The summed E-state index contributed by atoms with van der Waals surface area (Å²) < 4.78 is 5.59. The van der Waals surface area contributed by atoms with Crippen molar-refractivity contribution in [3.05, 3.63) is 29.3 Å². The molecule has 1 aliphatic carbocycles. The third-order valence-electron chi connectivity index (χ3n) is 5.55. The number of amides is 3. The molecule has 3 atom stereocenters. The number of rotatable bonds is 9. The summed E-state index contributed by atoms with van der Waals surface area (Å²) in [6.07, 6.45) is 5.83. The summed E-state index contributed by atoms with van der Waals surface area (Å²) in [5, 5.41) is 3.40. The number of imide groups is 1. The summed E-state index contributed by atoms with van der Waals surface area (Å²) >= 11 is 7.52. The van der Waals surface area contributed by atoms with Gasteiger partial charge >= 0.3 is 0 Å². The molecule has 1 heterocycles. The van der Waals surface area contributed by atoms with Crippen LogP contribution in [0.4, 0.5) is 0 Å². The Morgan fingerprint density at radius 1 is 1.28 bits per heavy atom. The highest BCUT2D eigenvalue weighted by atomic mass is 35.5. The van der Waals surface area contributed by atoms with Gasteiger partial charge in [-0.3, -0.25) is 19.3 Å². The summed E-state index contributed by atoms with van der Waals surface area (Å²) in [7, 11) is 0. The number of hydrogen-bond donors (Lipinski definition) is 1. The average molecular weight is 439 g/mol. The fraction of sp³-hybridized carbons (Fsp3) is 0.571. The van der Waals surface area contributed by atoms with Crippen LogP contribution < -0.4 is 10.1 Å². The summed E-state index contributed by atoms with van der Waals surface area (Å²) in [5.74, 6) is 0.198. The number of ether oxygens (including phenoxy) is 1. The molecule has 2 aliphatic rings. The Morgan fingerprint density at radius 2 is 1.97 bits per heavy atom. The first-order valence-corrected chi connectivity index (χ1v) is 11.8. The lowest BCUT2D eigenvalue weighted by Gasteiger charge is -2.25. The van der Waals surface area contributed by atoms with Crippen molar-refractivity contribution in [2.75, 3.05) is 25.2 Å². The Morgan fingerprint density at radius 3 is 2.59 bits per heavy atom. The second kappa shape index (κ2) is 10.3. The van der Waals surface area contributed by atoms with Gasteiger partial charge in [-0.25, -0.2) is 0 Å². The van der Waals surface area contributed by atoms with Crippen molar-refractivity contribution >= 4 is 41.1 Å². The van der Waals surface area contributed by atoms with Crippen molar-refractivity contribution in [2.45, 2.75) is 38.1 Å². The minimum Gasteiger partial charge on any atom is -0.492 e. The Bertz CT molecular complexity index is 736. The van der Waals surface area contributed by atoms with Crippen LogP contribution in [0.25, 0.3) is 0 Å². The van der Waals surface area contributed by atoms with Crippen molar-refractivity contribution < 1.29 is 19.1 Å². The van der Waals surface area contributed by atoms with Crippen LogP contribution in [-0.4, -0.2) is 53.8 Å². The number of thioether (sulfide) groups is 1. The first-order chi connectivity index (χ1) is 14.0. The molecule has 29 heavy (non-hydrogen) atoms. The molecule has 8 heteroatoms. The van der Waals surface area contributed by atoms with E-state index in [0.717, 1.165) is 25.7 Å². The highest BCUT2D eigenvalue weighted by molar-refractivity contribution is 7.98. The molecule has 0 spiro atoms. The predicted molar refractivity (Wildman–Crippen MR) is 114 cm³/mol. The van der Waals surface area contributed by atoms with E-state index in [-0.39, 0.29) is 42.7 Å². The molecule has 3 rings (SSSR count). The predicted octanol–water partition coefficient (Wildman–Crippen LogP) is 3.13. The maximum atomic E-state index is 12.9. The molecule has 3 amide bonds. The molecule has 1 saturated carbocycles. The van der Waals surface area contributed by atoms with E-state index in [2.05, 4.69) is 5.32 Å². The van der Waals surface area contributed by atoms with Gasteiger partial charge in [0, 0.05) is 5.02 Å². The SMILES string of the molecule is CSCCC(C(=O)NCCOc1cccc(Cl)c1)N1C(=O)C2CCCCC2C1=O. The number of likely N-dealkylation sites (tertiary alicyclic amines) is 1. The zero-order chi connectivity index (χ0) is 20.8. The van der Waals surface area contributed by atoms with Gasteiger partial charge in [0.25, 0.3) is 0 Å². The second-order valence-corrected chi connectivity index (χ2v) is 8.86. The van der Waals surface area contributed by atoms with E-state index in [0.29, 0.717) is 22.9 Å². The van der Waals surface area contributed by atoms with Gasteiger partial charge in [-0.2, -0.15) is 11.8 Å². The van der Waals surface area contributed by atoms with Crippen molar-refractivity contribution in [1.82, 2.24) is 10.2 Å². The summed E-state index contributed by atoms with van der Waals surface area (Å²) in [4.78, 5) is 39.9. The van der Waals surface area contributed by atoms with Gasteiger partial charge in [-0.1, -0.05) is 30.5 Å². The minimum atomic E-state index is -0.751. The maximum absolute atomic E-state index is 12.9. The smallest absolute Gasteiger partial charge is 0.243 e. The Balaban J connectivity index is 1.59.